The van der Waals surface area contributed by atoms with Crippen molar-refractivity contribution in [1.29, 1.82) is 0 Å². The average Bonchev–Trinajstić information content (AvgIpc) is 2.21. The normalized spacial score (nSPS) is 19.9. The molecule has 16 heavy (non-hydrogen) atoms. The molecular weight excluding hydrogens is 243 g/mol. The summed E-state index contributed by atoms with van der Waals surface area (Å²) in [6, 6.07) is 0. The van der Waals surface area contributed by atoms with Crippen LogP contribution in [-0.2, 0) is 14.1 Å². The van der Waals surface area contributed by atoms with E-state index < -0.39 is 38.2 Å². The highest BCUT2D eigenvalue weighted by molar-refractivity contribution is 7.52. The lowest BCUT2D eigenvalue weighted by Gasteiger charge is -2.29. The Hall–Kier alpha value is -0.340. The van der Waals surface area contributed by atoms with E-state index in [1.807, 2.05) is 0 Å². The highest BCUT2D eigenvalue weighted by atomic mass is 31.2. The van der Waals surface area contributed by atoms with Crippen molar-refractivity contribution < 1.29 is 39.2 Å². The zero-order valence-corrected chi connectivity index (χ0v) is 9.40. The van der Waals surface area contributed by atoms with Crippen LogP contribution in [0.5, 0.6) is 0 Å². The van der Waals surface area contributed by atoms with E-state index in [-0.39, 0.29) is 6.29 Å². The molecule has 0 bridgehead atoms. The third-order valence-corrected chi connectivity index (χ3v) is 3.44. The van der Waals surface area contributed by atoms with Crippen LogP contribution < -0.4 is 0 Å². The first-order valence-corrected chi connectivity index (χ1v) is 5.98. The minimum atomic E-state index is -4.87. The monoisotopic (exact) mass is 258 g/mol. The van der Waals surface area contributed by atoms with Crippen molar-refractivity contribution in [2.75, 3.05) is 13.7 Å². The standard InChI is InChI=1S/C7H15O8P/c1-15-5(3-9)7(16(12,13)14)6(11)4(10)2-8/h3-8,10-11H,2H2,1H3,(H2,12,13,14)/t4-,5+,6-,7-/m1/s1. The van der Waals surface area contributed by atoms with Gasteiger partial charge in [0, 0.05) is 7.11 Å². The molecule has 0 amide bonds. The lowest BCUT2D eigenvalue weighted by molar-refractivity contribution is -0.120. The fourth-order valence-corrected chi connectivity index (χ4v) is 2.37. The van der Waals surface area contributed by atoms with Crippen LogP contribution in [-0.4, -0.2) is 69.1 Å². The van der Waals surface area contributed by atoms with Gasteiger partial charge in [-0.3, -0.25) is 4.57 Å². The van der Waals surface area contributed by atoms with Gasteiger partial charge in [-0.25, -0.2) is 0 Å². The predicted molar refractivity (Wildman–Crippen MR) is 51.8 cm³/mol. The van der Waals surface area contributed by atoms with Gasteiger partial charge in [0.25, 0.3) is 0 Å². The number of hydrogen-bond acceptors (Lipinski definition) is 6. The number of hydrogen-bond donors (Lipinski definition) is 5. The molecule has 0 aliphatic carbocycles. The molecule has 8 nitrogen and oxygen atoms in total. The van der Waals surface area contributed by atoms with E-state index in [0.717, 1.165) is 7.11 Å². The van der Waals surface area contributed by atoms with E-state index in [0.29, 0.717) is 0 Å². The summed E-state index contributed by atoms with van der Waals surface area (Å²) < 4.78 is 15.5. The summed E-state index contributed by atoms with van der Waals surface area (Å²) in [5.41, 5.74) is -1.92. The Kier molecular flexibility index (Phi) is 6.27. The minimum absolute atomic E-state index is 0.108. The molecule has 0 saturated heterocycles. The number of carbonyl (C=O) groups is 1. The second-order valence-electron chi connectivity index (χ2n) is 3.16. The third-order valence-electron chi connectivity index (χ3n) is 2.06. The van der Waals surface area contributed by atoms with E-state index in [9.17, 15) is 14.5 Å². The number of methoxy groups -OCH3 is 1. The van der Waals surface area contributed by atoms with Gasteiger partial charge in [0.05, 0.1) is 12.7 Å². The molecule has 0 aromatic heterocycles. The molecule has 0 spiro atoms. The molecule has 0 aliphatic heterocycles. The zero-order valence-electron chi connectivity index (χ0n) is 8.50. The van der Waals surface area contributed by atoms with E-state index in [1.54, 1.807) is 0 Å². The van der Waals surface area contributed by atoms with Gasteiger partial charge < -0.3 is 34.6 Å². The van der Waals surface area contributed by atoms with Crippen molar-refractivity contribution >= 4 is 13.9 Å². The summed E-state index contributed by atoms with van der Waals surface area (Å²) in [4.78, 5) is 28.4. The molecule has 96 valence electrons. The topological polar surface area (TPSA) is 145 Å². The van der Waals surface area contributed by atoms with Crippen molar-refractivity contribution in [1.82, 2.24) is 0 Å². The summed E-state index contributed by atoms with van der Waals surface area (Å²) in [6.07, 6.45) is -5.20. The van der Waals surface area contributed by atoms with Crippen molar-refractivity contribution in [3.05, 3.63) is 0 Å². The second kappa shape index (κ2) is 6.41. The van der Waals surface area contributed by atoms with Crippen LogP contribution in [0.2, 0.25) is 0 Å². The minimum Gasteiger partial charge on any atom is -0.394 e. The van der Waals surface area contributed by atoms with Gasteiger partial charge in [0.2, 0.25) is 0 Å². The zero-order chi connectivity index (χ0) is 12.9. The molecule has 0 unspecified atom stereocenters. The number of ether oxygens (including phenoxy) is 1. The number of carbonyl (C=O) groups excluding carboxylic acids is 1. The summed E-state index contributed by atoms with van der Waals surface area (Å²) in [7, 11) is -3.84. The largest absolute Gasteiger partial charge is 0.394 e. The van der Waals surface area contributed by atoms with Crippen LogP contribution in [0.3, 0.4) is 0 Å². The van der Waals surface area contributed by atoms with E-state index in [4.69, 9.17) is 20.0 Å². The average molecular weight is 258 g/mol. The Morgan fingerprint density at radius 2 is 1.88 bits per heavy atom. The first-order valence-electron chi connectivity index (χ1n) is 4.29. The van der Waals surface area contributed by atoms with Crippen LogP contribution in [0.25, 0.3) is 0 Å². The number of rotatable bonds is 7. The summed E-state index contributed by atoms with van der Waals surface area (Å²) in [6.45, 7) is -0.896. The lowest BCUT2D eigenvalue weighted by atomic mass is 10.1. The van der Waals surface area contributed by atoms with Gasteiger partial charge in [-0.15, -0.1) is 0 Å². The van der Waals surface area contributed by atoms with Gasteiger partial charge in [-0.05, 0) is 0 Å². The van der Waals surface area contributed by atoms with Gasteiger partial charge in [-0.1, -0.05) is 0 Å². The van der Waals surface area contributed by atoms with Crippen LogP contribution in [0.15, 0.2) is 0 Å². The van der Waals surface area contributed by atoms with Gasteiger partial charge in [0.15, 0.2) is 0 Å². The molecule has 0 aromatic rings. The van der Waals surface area contributed by atoms with Crippen LogP contribution >= 0.6 is 7.60 Å². The Labute approximate surface area is 91.6 Å². The van der Waals surface area contributed by atoms with Crippen molar-refractivity contribution in [3.8, 4) is 0 Å². The first kappa shape index (κ1) is 15.7. The highest BCUT2D eigenvalue weighted by Crippen LogP contribution is 2.45. The van der Waals surface area contributed by atoms with Crippen LogP contribution in [0.1, 0.15) is 0 Å². The van der Waals surface area contributed by atoms with Crippen molar-refractivity contribution in [2.45, 2.75) is 24.0 Å². The molecule has 0 heterocycles. The van der Waals surface area contributed by atoms with Crippen LogP contribution in [0.4, 0.5) is 0 Å². The first-order chi connectivity index (χ1) is 7.29. The summed E-state index contributed by atoms with van der Waals surface area (Å²) in [5.74, 6) is 0. The van der Waals surface area contributed by atoms with E-state index in [1.165, 1.54) is 0 Å². The predicted octanol–water partition coefficient (Wildman–Crippen LogP) is -2.54. The van der Waals surface area contributed by atoms with Gasteiger partial charge in [-0.2, -0.15) is 0 Å². The smallest absolute Gasteiger partial charge is 0.334 e. The van der Waals surface area contributed by atoms with Crippen LogP contribution in [0, 0.1) is 0 Å². The number of aldehydes is 1. The fourth-order valence-electron chi connectivity index (χ4n) is 1.20. The Morgan fingerprint density at radius 3 is 2.12 bits per heavy atom. The van der Waals surface area contributed by atoms with Gasteiger partial charge >= 0.3 is 7.60 Å². The quantitative estimate of drug-likeness (QED) is 0.248. The molecular formula is C7H15O8P. The molecule has 0 fully saturated rings. The maximum atomic E-state index is 11.1. The molecule has 9 heteroatoms. The van der Waals surface area contributed by atoms with E-state index in [2.05, 4.69) is 4.74 Å². The third kappa shape index (κ3) is 3.91. The van der Waals surface area contributed by atoms with Gasteiger partial charge in [0.1, 0.15) is 24.2 Å². The maximum Gasteiger partial charge on any atom is 0.334 e. The van der Waals surface area contributed by atoms with Crippen molar-refractivity contribution in [2.24, 2.45) is 0 Å². The molecule has 0 aliphatic rings. The lowest BCUT2D eigenvalue weighted by Crippen LogP contribution is -2.46. The van der Waals surface area contributed by atoms with E-state index >= 15 is 0 Å². The summed E-state index contributed by atoms with van der Waals surface area (Å²) in [5, 5.41) is 27.0. The molecule has 0 rings (SSSR count). The maximum absolute atomic E-state index is 11.1. The Balaban J connectivity index is 5.09. The second-order valence-corrected chi connectivity index (χ2v) is 4.93. The summed E-state index contributed by atoms with van der Waals surface area (Å²) >= 11 is 0. The highest BCUT2D eigenvalue weighted by Gasteiger charge is 2.44. The Morgan fingerprint density at radius 1 is 1.38 bits per heavy atom. The molecule has 4 atom stereocenters. The molecule has 5 N–H and O–H groups in total. The SMILES string of the molecule is CO[C@@H](C=O)[C@H]([C@H](O)[C@H](O)CO)P(=O)(O)O. The molecule has 0 radical (unpaired) electrons. The molecule has 0 saturated carbocycles. The number of aliphatic hydroxyl groups is 3. The fraction of sp³-hybridized carbons (Fsp3) is 0.857. The molecule has 0 aromatic carbocycles. The Bertz CT molecular complexity index is 263. The van der Waals surface area contributed by atoms with Crippen molar-refractivity contribution in [3.63, 3.8) is 0 Å². The number of aliphatic hydroxyl groups excluding tert-OH is 3.